The number of fused-ring (bicyclic) bond motifs is 1. The topological polar surface area (TPSA) is 117 Å². The van der Waals surface area contributed by atoms with Crippen LogP contribution in [-0.4, -0.2) is 60.3 Å². The maximum Gasteiger partial charge on any atom is 0.290 e. The Morgan fingerprint density at radius 1 is 1.14 bits per heavy atom. The minimum atomic E-state index is -3.76. The van der Waals surface area contributed by atoms with Gasteiger partial charge < -0.3 is 15.3 Å². The van der Waals surface area contributed by atoms with Gasteiger partial charge in [-0.25, -0.2) is 0 Å². The number of hydrogen-bond donors (Lipinski definition) is 2. The summed E-state index contributed by atoms with van der Waals surface area (Å²) in [5.74, 6) is 0. The van der Waals surface area contributed by atoms with Crippen molar-refractivity contribution in [1.29, 1.82) is 0 Å². The summed E-state index contributed by atoms with van der Waals surface area (Å²) in [4.78, 5) is 14.7. The van der Waals surface area contributed by atoms with Crippen molar-refractivity contribution in [3.05, 3.63) is 48.9 Å². The SMILES string of the molecule is O=CO.O=S(=O)(c1cccnc1)n1ncc2ccc(N3CCCNCC3)cc21. The van der Waals surface area contributed by atoms with Crippen molar-refractivity contribution in [1.82, 2.24) is 19.5 Å². The van der Waals surface area contributed by atoms with Gasteiger partial charge in [-0.2, -0.15) is 17.6 Å². The molecular weight excluding hydrogens is 382 g/mol. The summed E-state index contributed by atoms with van der Waals surface area (Å²) in [6.07, 6.45) is 5.53. The quantitative estimate of drug-likeness (QED) is 0.626. The molecule has 0 atom stereocenters. The largest absolute Gasteiger partial charge is 0.483 e. The predicted molar refractivity (Wildman–Crippen MR) is 105 cm³/mol. The van der Waals surface area contributed by atoms with E-state index in [9.17, 15) is 8.42 Å². The summed E-state index contributed by atoms with van der Waals surface area (Å²) in [6.45, 7) is 3.52. The van der Waals surface area contributed by atoms with Crippen LogP contribution in [0.15, 0.2) is 53.8 Å². The molecule has 3 aromatic rings. The minimum absolute atomic E-state index is 0.129. The van der Waals surface area contributed by atoms with E-state index >= 15 is 0 Å². The van der Waals surface area contributed by atoms with Crippen molar-refractivity contribution in [2.24, 2.45) is 0 Å². The van der Waals surface area contributed by atoms with E-state index in [2.05, 4.69) is 20.3 Å². The van der Waals surface area contributed by atoms with Gasteiger partial charge in [0.05, 0.1) is 11.7 Å². The summed E-state index contributed by atoms with van der Waals surface area (Å²) in [7, 11) is -3.76. The van der Waals surface area contributed by atoms with Gasteiger partial charge in [0.2, 0.25) is 0 Å². The minimum Gasteiger partial charge on any atom is -0.483 e. The number of carbonyl (C=O) groups is 1. The lowest BCUT2D eigenvalue weighted by molar-refractivity contribution is -0.122. The fraction of sp³-hybridized carbons (Fsp3) is 0.278. The highest BCUT2D eigenvalue weighted by Crippen LogP contribution is 2.25. The van der Waals surface area contributed by atoms with E-state index in [4.69, 9.17) is 9.90 Å². The van der Waals surface area contributed by atoms with Gasteiger partial charge in [0.1, 0.15) is 4.90 Å². The molecule has 2 aromatic heterocycles. The lowest BCUT2D eigenvalue weighted by Crippen LogP contribution is -2.27. The van der Waals surface area contributed by atoms with Crippen LogP contribution < -0.4 is 10.2 Å². The molecule has 0 aliphatic carbocycles. The van der Waals surface area contributed by atoms with Crippen LogP contribution in [0.5, 0.6) is 0 Å². The Labute approximate surface area is 162 Å². The first-order valence-corrected chi connectivity index (χ1v) is 10.2. The second kappa shape index (κ2) is 8.81. The number of pyridine rings is 1. The first-order chi connectivity index (χ1) is 13.6. The summed E-state index contributed by atoms with van der Waals surface area (Å²) in [6, 6.07) is 8.98. The number of benzene rings is 1. The Balaban J connectivity index is 0.000000706. The first-order valence-electron chi connectivity index (χ1n) is 8.75. The Kier molecular flexibility index (Phi) is 6.22. The average molecular weight is 403 g/mol. The second-order valence-corrected chi connectivity index (χ2v) is 7.89. The normalized spacial score (nSPS) is 14.8. The van der Waals surface area contributed by atoms with Crippen LogP contribution in [0.4, 0.5) is 5.69 Å². The van der Waals surface area contributed by atoms with Crippen LogP contribution >= 0.6 is 0 Å². The van der Waals surface area contributed by atoms with E-state index in [-0.39, 0.29) is 11.4 Å². The van der Waals surface area contributed by atoms with Crippen LogP contribution in [0.2, 0.25) is 0 Å². The van der Waals surface area contributed by atoms with Crippen molar-refractivity contribution < 1.29 is 18.3 Å². The third kappa shape index (κ3) is 4.12. The number of anilines is 1. The Hall–Kier alpha value is -2.98. The summed E-state index contributed by atoms with van der Waals surface area (Å²) >= 11 is 0. The molecule has 28 heavy (non-hydrogen) atoms. The highest BCUT2D eigenvalue weighted by atomic mass is 32.2. The smallest absolute Gasteiger partial charge is 0.290 e. The standard InChI is InChI=1S/C17H19N5O2S.CH2O2/c23-25(24,16-3-1-6-19-13-16)22-17-11-15(5-4-14(17)12-20-22)21-9-2-7-18-8-10-21;2-1-3/h1,3-6,11-13,18H,2,7-10H2;1H,(H,2,3). The molecule has 1 saturated heterocycles. The van der Waals surface area contributed by atoms with Crippen molar-refractivity contribution >= 4 is 33.1 Å². The van der Waals surface area contributed by atoms with Gasteiger partial charge in [-0.1, -0.05) is 0 Å². The zero-order valence-electron chi connectivity index (χ0n) is 15.1. The summed E-state index contributed by atoms with van der Waals surface area (Å²) in [5, 5.41) is 15.2. The molecule has 0 unspecified atom stereocenters. The molecule has 148 valence electrons. The van der Waals surface area contributed by atoms with Gasteiger partial charge in [0.25, 0.3) is 16.5 Å². The molecule has 0 radical (unpaired) electrons. The van der Waals surface area contributed by atoms with E-state index in [1.165, 1.54) is 12.3 Å². The third-order valence-electron chi connectivity index (χ3n) is 4.39. The molecule has 1 aliphatic rings. The maximum absolute atomic E-state index is 12.9. The molecule has 4 rings (SSSR count). The van der Waals surface area contributed by atoms with Crippen LogP contribution in [0.1, 0.15) is 6.42 Å². The van der Waals surface area contributed by atoms with Crippen molar-refractivity contribution in [3.8, 4) is 0 Å². The van der Waals surface area contributed by atoms with Crippen LogP contribution in [-0.2, 0) is 14.8 Å². The Morgan fingerprint density at radius 2 is 1.96 bits per heavy atom. The molecule has 3 heterocycles. The number of carboxylic acid groups (broad SMARTS) is 1. The van der Waals surface area contributed by atoms with Gasteiger partial charge >= 0.3 is 0 Å². The number of aromatic nitrogens is 3. The molecule has 1 aliphatic heterocycles. The fourth-order valence-electron chi connectivity index (χ4n) is 3.08. The maximum atomic E-state index is 12.9. The van der Waals surface area contributed by atoms with Gasteiger partial charge in [-0.3, -0.25) is 9.78 Å². The zero-order chi connectivity index (χ0) is 20.0. The van der Waals surface area contributed by atoms with E-state index in [1.54, 1.807) is 18.5 Å². The van der Waals surface area contributed by atoms with Crippen molar-refractivity contribution in [3.63, 3.8) is 0 Å². The molecule has 10 heteroatoms. The van der Waals surface area contributed by atoms with Gasteiger partial charge in [-0.15, -0.1) is 0 Å². The second-order valence-electron chi connectivity index (χ2n) is 6.12. The van der Waals surface area contributed by atoms with E-state index in [0.717, 1.165) is 47.8 Å². The number of hydrogen-bond acceptors (Lipinski definition) is 7. The lowest BCUT2D eigenvalue weighted by atomic mass is 10.2. The van der Waals surface area contributed by atoms with Crippen molar-refractivity contribution in [2.75, 3.05) is 31.1 Å². The highest BCUT2D eigenvalue weighted by Gasteiger charge is 2.21. The lowest BCUT2D eigenvalue weighted by Gasteiger charge is -2.22. The molecular formula is C18H21N5O4S. The number of rotatable bonds is 3. The van der Waals surface area contributed by atoms with Gasteiger partial charge in [0, 0.05) is 43.1 Å². The Bertz CT molecular complexity index is 1030. The van der Waals surface area contributed by atoms with E-state index in [0.29, 0.717) is 5.52 Å². The highest BCUT2D eigenvalue weighted by molar-refractivity contribution is 7.90. The summed E-state index contributed by atoms with van der Waals surface area (Å²) < 4.78 is 26.9. The molecule has 1 fully saturated rings. The molecule has 0 amide bonds. The monoisotopic (exact) mass is 403 g/mol. The number of nitrogens with zero attached hydrogens (tertiary/aromatic N) is 4. The Morgan fingerprint density at radius 3 is 2.71 bits per heavy atom. The molecule has 9 nitrogen and oxygen atoms in total. The molecule has 0 bridgehead atoms. The number of nitrogens with one attached hydrogen (secondary N) is 1. The van der Waals surface area contributed by atoms with Gasteiger partial charge in [-0.05, 0) is 43.3 Å². The van der Waals surface area contributed by atoms with Crippen LogP contribution in [0.3, 0.4) is 0 Å². The molecule has 2 N–H and O–H groups in total. The van der Waals surface area contributed by atoms with Crippen LogP contribution in [0, 0.1) is 0 Å². The van der Waals surface area contributed by atoms with Crippen molar-refractivity contribution in [2.45, 2.75) is 11.3 Å². The van der Waals surface area contributed by atoms with Crippen LogP contribution in [0.25, 0.3) is 10.9 Å². The fourth-order valence-corrected chi connectivity index (χ4v) is 4.31. The molecule has 0 saturated carbocycles. The average Bonchev–Trinajstić information content (AvgIpc) is 2.95. The summed E-state index contributed by atoms with van der Waals surface area (Å²) in [5.41, 5.74) is 1.60. The first kappa shape index (κ1) is 19.8. The van der Waals surface area contributed by atoms with E-state index in [1.807, 2.05) is 18.2 Å². The third-order valence-corrected chi connectivity index (χ3v) is 5.97. The zero-order valence-corrected chi connectivity index (χ0v) is 15.9. The molecule has 0 spiro atoms. The van der Waals surface area contributed by atoms with E-state index < -0.39 is 10.0 Å². The molecule has 1 aromatic carbocycles. The van der Waals surface area contributed by atoms with Gasteiger partial charge in [0.15, 0.2) is 0 Å². The predicted octanol–water partition coefficient (Wildman–Crippen LogP) is 1.17.